The lowest BCUT2D eigenvalue weighted by Crippen LogP contribution is -2.47. The van der Waals surface area contributed by atoms with Crippen LogP contribution in [0.4, 0.5) is 5.95 Å². The summed E-state index contributed by atoms with van der Waals surface area (Å²) >= 11 is 0. The molecule has 1 saturated carbocycles. The third kappa shape index (κ3) is 5.20. The van der Waals surface area contributed by atoms with Gasteiger partial charge in [-0.15, -0.1) is 0 Å². The molecule has 2 aliphatic heterocycles. The lowest BCUT2D eigenvalue weighted by molar-refractivity contribution is -0.140. The van der Waals surface area contributed by atoms with Crippen LogP contribution in [-0.4, -0.2) is 83.3 Å². The molecule has 0 aromatic carbocycles. The maximum atomic E-state index is 12.5. The van der Waals surface area contributed by atoms with Gasteiger partial charge < -0.3 is 10.2 Å². The zero-order valence-electron chi connectivity index (χ0n) is 18.0. The van der Waals surface area contributed by atoms with Crippen molar-refractivity contribution in [3.05, 3.63) is 18.5 Å². The van der Waals surface area contributed by atoms with E-state index in [1.54, 1.807) is 12.4 Å². The number of anilines is 1. The van der Waals surface area contributed by atoms with Crippen LogP contribution in [0.2, 0.25) is 0 Å². The molecule has 0 bridgehead atoms. The minimum atomic E-state index is -0.141. The number of aromatic nitrogens is 2. The number of likely N-dealkylation sites (tertiary alicyclic amines) is 1. The van der Waals surface area contributed by atoms with Gasteiger partial charge in [-0.25, -0.2) is 9.97 Å². The normalized spacial score (nSPS) is 24.4. The van der Waals surface area contributed by atoms with Crippen LogP contribution in [0.3, 0.4) is 0 Å². The second-order valence-electron chi connectivity index (χ2n) is 8.66. The first-order valence-electron chi connectivity index (χ1n) is 11.5. The molecule has 4 rings (SSSR count). The molecule has 1 N–H and O–H groups in total. The summed E-state index contributed by atoms with van der Waals surface area (Å²) in [5.74, 6) is 0.270. The van der Waals surface area contributed by atoms with Crippen molar-refractivity contribution in [2.45, 2.75) is 38.5 Å². The molecule has 1 aromatic heterocycles. The number of carbonyl (C=O) groups excluding carboxylic acids is 3. The number of piperazine rings is 1. The molecule has 2 atom stereocenters. The van der Waals surface area contributed by atoms with Gasteiger partial charge in [0.25, 0.3) is 0 Å². The fraction of sp³-hybridized carbons (Fsp3) is 0.682. The molecular formula is C22H32N6O3. The van der Waals surface area contributed by atoms with E-state index in [0.29, 0.717) is 6.54 Å². The first kappa shape index (κ1) is 21.7. The third-order valence-corrected chi connectivity index (χ3v) is 6.68. The highest BCUT2D eigenvalue weighted by atomic mass is 16.2. The Hall–Kier alpha value is -2.55. The molecule has 1 aliphatic carbocycles. The van der Waals surface area contributed by atoms with E-state index in [0.717, 1.165) is 70.8 Å². The molecule has 31 heavy (non-hydrogen) atoms. The van der Waals surface area contributed by atoms with Gasteiger partial charge in [0.05, 0.1) is 11.8 Å². The average Bonchev–Trinajstić information content (AvgIpc) is 3.06. The van der Waals surface area contributed by atoms with Crippen molar-refractivity contribution in [2.75, 3.05) is 50.7 Å². The molecular weight excluding hydrogens is 396 g/mol. The SMILES string of the molecule is O=C(CCN1C(=O)C2CCCCC2C1=O)NCCCN1CCN(c2ncccn2)CC1. The fourth-order valence-electron chi connectivity index (χ4n) is 4.91. The molecule has 0 radical (unpaired) electrons. The summed E-state index contributed by atoms with van der Waals surface area (Å²) < 4.78 is 0. The van der Waals surface area contributed by atoms with Crippen molar-refractivity contribution < 1.29 is 14.4 Å². The number of hydrogen-bond donors (Lipinski definition) is 1. The fourth-order valence-corrected chi connectivity index (χ4v) is 4.91. The van der Waals surface area contributed by atoms with Crippen LogP contribution >= 0.6 is 0 Å². The Labute approximate surface area is 183 Å². The second-order valence-corrected chi connectivity index (χ2v) is 8.66. The van der Waals surface area contributed by atoms with Gasteiger partial charge in [0, 0.05) is 58.1 Å². The Morgan fingerprint density at radius 2 is 1.61 bits per heavy atom. The lowest BCUT2D eigenvalue weighted by atomic mass is 9.81. The molecule has 9 heteroatoms. The summed E-state index contributed by atoms with van der Waals surface area (Å²) in [5, 5.41) is 2.93. The molecule has 3 amide bonds. The predicted octanol–water partition coefficient (Wildman–Crippen LogP) is 0.670. The molecule has 168 valence electrons. The number of nitrogens with zero attached hydrogens (tertiary/aromatic N) is 5. The molecule has 3 aliphatic rings. The summed E-state index contributed by atoms with van der Waals surface area (Å²) in [4.78, 5) is 51.6. The maximum absolute atomic E-state index is 12.5. The monoisotopic (exact) mass is 428 g/mol. The van der Waals surface area contributed by atoms with Crippen molar-refractivity contribution in [1.29, 1.82) is 0 Å². The summed E-state index contributed by atoms with van der Waals surface area (Å²) in [6.45, 7) is 5.44. The van der Waals surface area contributed by atoms with E-state index in [4.69, 9.17) is 0 Å². The van der Waals surface area contributed by atoms with Crippen LogP contribution in [0.5, 0.6) is 0 Å². The highest BCUT2D eigenvalue weighted by Gasteiger charge is 2.47. The molecule has 3 fully saturated rings. The Kier molecular flexibility index (Phi) is 7.11. The van der Waals surface area contributed by atoms with Gasteiger partial charge in [0.2, 0.25) is 23.7 Å². The number of carbonyl (C=O) groups is 3. The third-order valence-electron chi connectivity index (χ3n) is 6.68. The number of hydrogen-bond acceptors (Lipinski definition) is 7. The number of rotatable bonds is 8. The zero-order chi connectivity index (χ0) is 21.6. The Morgan fingerprint density at radius 1 is 0.968 bits per heavy atom. The molecule has 2 unspecified atom stereocenters. The maximum Gasteiger partial charge on any atom is 0.233 e. The van der Waals surface area contributed by atoms with Crippen molar-refractivity contribution in [1.82, 2.24) is 25.1 Å². The smallest absolute Gasteiger partial charge is 0.233 e. The van der Waals surface area contributed by atoms with E-state index < -0.39 is 0 Å². The Bertz CT molecular complexity index is 757. The summed E-state index contributed by atoms with van der Waals surface area (Å²) in [7, 11) is 0. The quantitative estimate of drug-likeness (QED) is 0.480. The molecule has 2 saturated heterocycles. The first-order valence-corrected chi connectivity index (χ1v) is 11.5. The van der Waals surface area contributed by atoms with Gasteiger partial charge >= 0.3 is 0 Å². The zero-order valence-corrected chi connectivity index (χ0v) is 18.0. The van der Waals surface area contributed by atoms with E-state index in [-0.39, 0.29) is 42.5 Å². The summed E-state index contributed by atoms with van der Waals surface area (Å²) in [6, 6.07) is 1.82. The minimum absolute atomic E-state index is 0.0671. The molecule has 0 spiro atoms. The largest absolute Gasteiger partial charge is 0.356 e. The van der Waals surface area contributed by atoms with Crippen LogP contribution in [-0.2, 0) is 14.4 Å². The van der Waals surface area contributed by atoms with Gasteiger partial charge in [-0.3, -0.25) is 24.2 Å². The van der Waals surface area contributed by atoms with E-state index in [1.807, 2.05) is 6.07 Å². The van der Waals surface area contributed by atoms with Crippen molar-refractivity contribution in [3.8, 4) is 0 Å². The van der Waals surface area contributed by atoms with E-state index in [2.05, 4.69) is 25.1 Å². The van der Waals surface area contributed by atoms with Crippen LogP contribution in [0.1, 0.15) is 38.5 Å². The first-order chi connectivity index (χ1) is 15.1. The average molecular weight is 429 g/mol. The second kappa shape index (κ2) is 10.2. The van der Waals surface area contributed by atoms with Gasteiger partial charge in [-0.1, -0.05) is 12.8 Å². The van der Waals surface area contributed by atoms with Crippen LogP contribution in [0.15, 0.2) is 18.5 Å². The highest BCUT2D eigenvalue weighted by Crippen LogP contribution is 2.37. The number of nitrogens with one attached hydrogen (secondary N) is 1. The highest BCUT2D eigenvalue weighted by molar-refractivity contribution is 6.05. The summed E-state index contributed by atoms with van der Waals surface area (Å²) in [6.07, 6.45) is 8.24. The molecule has 1 aromatic rings. The minimum Gasteiger partial charge on any atom is -0.356 e. The van der Waals surface area contributed by atoms with Crippen molar-refractivity contribution in [3.63, 3.8) is 0 Å². The van der Waals surface area contributed by atoms with E-state index in [1.165, 1.54) is 4.90 Å². The Balaban J connectivity index is 1.10. The Morgan fingerprint density at radius 3 is 2.26 bits per heavy atom. The topological polar surface area (TPSA) is 98.7 Å². The standard InChI is InChI=1S/C22H32N6O3/c29-19(7-12-28-20(30)17-5-1-2-6-18(17)21(28)31)23-10-4-11-26-13-15-27(16-14-26)22-24-8-3-9-25-22/h3,8-9,17-18H,1-2,4-7,10-16H2,(H,23,29). The van der Waals surface area contributed by atoms with Crippen LogP contribution < -0.4 is 10.2 Å². The van der Waals surface area contributed by atoms with Gasteiger partial charge in [0.1, 0.15) is 0 Å². The summed E-state index contributed by atoms with van der Waals surface area (Å²) in [5.41, 5.74) is 0. The predicted molar refractivity (Wildman–Crippen MR) is 115 cm³/mol. The lowest BCUT2D eigenvalue weighted by Gasteiger charge is -2.34. The van der Waals surface area contributed by atoms with E-state index >= 15 is 0 Å². The van der Waals surface area contributed by atoms with Gasteiger partial charge in [-0.05, 0) is 31.9 Å². The number of amides is 3. The van der Waals surface area contributed by atoms with E-state index in [9.17, 15) is 14.4 Å². The van der Waals surface area contributed by atoms with Crippen LogP contribution in [0, 0.1) is 11.8 Å². The van der Waals surface area contributed by atoms with Gasteiger partial charge in [-0.2, -0.15) is 0 Å². The number of fused-ring (bicyclic) bond motifs is 1. The van der Waals surface area contributed by atoms with Gasteiger partial charge in [0.15, 0.2) is 0 Å². The van der Waals surface area contributed by atoms with Crippen molar-refractivity contribution >= 4 is 23.7 Å². The molecule has 9 nitrogen and oxygen atoms in total. The van der Waals surface area contributed by atoms with Crippen molar-refractivity contribution in [2.24, 2.45) is 11.8 Å². The molecule has 3 heterocycles. The number of imide groups is 1. The van der Waals surface area contributed by atoms with Crippen LogP contribution in [0.25, 0.3) is 0 Å².